The van der Waals surface area contributed by atoms with Gasteiger partial charge in [-0.1, -0.05) is 41.1 Å². The number of rotatable bonds is 5. The molecular formula is C19H21BrN2O3S. The van der Waals surface area contributed by atoms with Gasteiger partial charge >= 0.3 is 0 Å². The number of nitrogens with one attached hydrogen (secondary N) is 1. The van der Waals surface area contributed by atoms with Crippen LogP contribution in [0.1, 0.15) is 41.7 Å². The number of benzene rings is 2. The minimum absolute atomic E-state index is 0.102. The number of halogens is 1. The van der Waals surface area contributed by atoms with E-state index >= 15 is 0 Å². The van der Waals surface area contributed by atoms with Crippen LogP contribution in [0.25, 0.3) is 0 Å². The van der Waals surface area contributed by atoms with Crippen LogP contribution in [0.2, 0.25) is 0 Å². The molecule has 7 heteroatoms. The van der Waals surface area contributed by atoms with E-state index in [2.05, 4.69) is 21.2 Å². The number of sulfonamides is 1. The van der Waals surface area contributed by atoms with Crippen LogP contribution in [-0.2, 0) is 10.0 Å². The molecule has 1 heterocycles. The molecule has 1 atom stereocenters. The van der Waals surface area contributed by atoms with Crippen molar-refractivity contribution in [2.24, 2.45) is 0 Å². The van der Waals surface area contributed by atoms with Crippen molar-refractivity contribution in [3.05, 3.63) is 64.1 Å². The van der Waals surface area contributed by atoms with E-state index in [0.29, 0.717) is 24.2 Å². The molecule has 1 fully saturated rings. The maximum Gasteiger partial charge on any atom is 0.251 e. The van der Waals surface area contributed by atoms with Crippen molar-refractivity contribution in [1.29, 1.82) is 0 Å². The van der Waals surface area contributed by atoms with Crippen molar-refractivity contribution in [3.8, 4) is 0 Å². The van der Waals surface area contributed by atoms with Gasteiger partial charge in [0.25, 0.3) is 5.91 Å². The molecule has 0 unspecified atom stereocenters. The van der Waals surface area contributed by atoms with Gasteiger partial charge in [0, 0.05) is 16.6 Å². The lowest BCUT2D eigenvalue weighted by Crippen LogP contribution is -2.29. The van der Waals surface area contributed by atoms with Crippen LogP contribution in [0.5, 0.6) is 0 Å². The first kappa shape index (κ1) is 18.9. The Morgan fingerprint density at radius 3 is 2.58 bits per heavy atom. The third-order valence-corrected chi connectivity index (χ3v) is 6.88. The van der Waals surface area contributed by atoms with Gasteiger partial charge in [-0.25, -0.2) is 8.42 Å². The number of hydrogen-bond donors (Lipinski definition) is 1. The number of amides is 1. The van der Waals surface area contributed by atoms with Gasteiger partial charge in [-0.2, -0.15) is 0 Å². The van der Waals surface area contributed by atoms with Crippen LogP contribution in [0.4, 0.5) is 5.69 Å². The number of carbonyl (C=O) groups excluding carboxylic acids is 1. The molecule has 2 aromatic rings. The van der Waals surface area contributed by atoms with Crippen molar-refractivity contribution in [2.45, 2.75) is 25.8 Å². The van der Waals surface area contributed by atoms with Crippen LogP contribution in [0, 0.1) is 0 Å². The van der Waals surface area contributed by atoms with Crippen molar-refractivity contribution in [1.82, 2.24) is 5.32 Å². The first-order valence-corrected chi connectivity index (χ1v) is 11.0. The summed E-state index contributed by atoms with van der Waals surface area (Å²) in [4.78, 5) is 12.7. The topological polar surface area (TPSA) is 66.5 Å². The number of nitrogens with zero attached hydrogens (tertiary/aromatic N) is 1. The van der Waals surface area contributed by atoms with Crippen LogP contribution in [0.15, 0.2) is 53.0 Å². The highest BCUT2D eigenvalue weighted by Crippen LogP contribution is 2.25. The first-order chi connectivity index (χ1) is 12.4. The minimum Gasteiger partial charge on any atom is -0.345 e. The molecule has 5 nitrogen and oxygen atoms in total. The standard InChI is InChI=1S/C19H21BrN2O3S/c1-2-18(14-7-9-16(20)10-8-14)21-19(23)15-5-3-6-17(13-15)22-11-4-12-26(22,24)25/h3,5-10,13,18H,2,4,11-12H2,1H3,(H,21,23)/t18-/m0/s1. The van der Waals surface area contributed by atoms with Crippen molar-refractivity contribution < 1.29 is 13.2 Å². The Bertz CT molecular complexity index is 897. The molecule has 138 valence electrons. The van der Waals surface area contributed by atoms with Crippen LogP contribution in [0.3, 0.4) is 0 Å². The van der Waals surface area contributed by atoms with E-state index in [0.717, 1.165) is 16.5 Å². The van der Waals surface area contributed by atoms with Crippen molar-refractivity contribution >= 4 is 37.5 Å². The zero-order valence-corrected chi connectivity index (χ0v) is 16.9. The Kier molecular flexibility index (Phi) is 5.67. The fourth-order valence-corrected chi connectivity index (χ4v) is 4.91. The molecule has 1 saturated heterocycles. The largest absolute Gasteiger partial charge is 0.345 e. The molecule has 0 aliphatic carbocycles. The second-order valence-corrected chi connectivity index (χ2v) is 9.21. The summed E-state index contributed by atoms with van der Waals surface area (Å²) in [5.74, 6) is -0.0523. The highest BCUT2D eigenvalue weighted by atomic mass is 79.9. The van der Waals surface area contributed by atoms with E-state index in [4.69, 9.17) is 0 Å². The predicted molar refractivity (Wildman–Crippen MR) is 107 cm³/mol. The monoisotopic (exact) mass is 436 g/mol. The second-order valence-electron chi connectivity index (χ2n) is 6.28. The lowest BCUT2D eigenvalue weighted by Gasteiger charge is -2.20. The van der Waals surface area contributed by atoms with E-state index in [9.17, 15) is 13.2 Å². The summed E-state index contributed by atoms with van der Waals surface area (Å²) in [6, 6.07) is 14.5. The molecule has 2 aromatic carbocycles. The van der Waals surface area contributed by atoms with Gasteiger partial charge in [-0.05, 0) is 48.7 Å². The lowest BCUT2D eigenvalue weighted by molar-refractivity contribution is 0.0935. The van der Waals surface area contributed by atoms with Crippen molar-refractivity contribution in [3.63, 3.8) is 0 Å². The molecule has 1 amide bonds. The summed E-state index contributed by atoms with van der Waals surface area (Å²) in [5, 5.41) is 3.04. The molecule has 0 radical (unpaired) electrons. The Labute approximate surface area is 162 Å². The zero-order valence-electron chi connectivity index (χ0n) is 14.5. The molecule has 26 heavy (non-hydrogen) atoms. The molecule has 1 aliphatic heterocycles. The zero-order chi connectivity index (χ0) is 18.7. The normalized spacial score (nSPS) is 17.1. The van der Waals surface area contributed by atoms with E-state index in [1.807, 2.05) is 31.2 Å². The minimum atomic E-state index is -3.26. The van der Waals surface area contributed by atoms with Gasteiger partial charge in [-0.3, -0.25) is 9.10 Å². The average Bonchev–Trinajstić information content (AvgIpc) is 2.99. The Morgan fingerprint density at radius 1 is 1.23 bits per heavy atom. The quantitative estimate of drug-likeness (QED) is 0.773. The molecule has 0 bridgehead atoms. The fourth-order valence-electron chi connectivity index (χ4n) is 3.09. The highest BCUT2D eigenvalue weighted by Gasteiger charge is 2.28. The van der Waals surface area contributed by atoms with Crippen molar-refractivity contribution in [2.75, 3.05) is 16.6 Å². The maximum atomic E-state index is 12.7. The summed E-state index contributed by atoms with van der Waals surface area (Å²) in [6.07, 6.45) is 1.37. The summed E-state index contributed by atoms with van der Waals surface area (Å²) in [7, 11) is -3.26. The van der Waals surface area contributed by atoms with Gasteiger partial charge in [0.1, 0.15) is 0 Å². The molecule has 3 rings (SSSR count). The number of anilines is 1. The van der Waals surface area contributed by atoms with Gasteiger partial charge in [0.2, 0.25) is 10.0 Å². The van der Waals surface area contributed by atoms with E-state index in [-0.39, 0.29) is 17.7 Å². The maximum absolute atomic E-state index is 12.7. The molecule has 0 saturated carbocycles. The fraction of sp³-hybridized carbons (Fsp3) is 0.316. The third-order valence-electron chi connectivity index (χ3n) is 4.48. The van der Waals surface area contributed by atoms with Gasteiger partial charge in [0.15, 0.2) is 0 Å². The smallest absolute Gasteiger partial charge is 0.251 e. The van der Waals surface area contributed by atoms with Crippen LogP contribution in [-0.4, -0.2) is 26.6 Å². The highest BCUT2D eigenvalue weighted by molar-refractivity contribution is 9.10. The SMILES string of the molecule is CC[C@H](NC(=O)c1cccc(N2CCCS2(=O)=O)c1)c1ccc(Br)cc1. The first-order valence-electron chi connectivity index (χ1n) is 8.57. The third kappa shape index (κ3) is 4.10. The Hall–Kier alpha value is -1.86. The molecule has 1 N–H and O–H groups in total. The molecule has 1 aliphatic rings. The molecular weight excluding hydrogens is 416 g/mol. The van der Waals surface area contributed by atoms with E-state index < -0.39 is 10.0 Å². The number of carbonyl (C=O) groups is 1. The predicted octanol–water partition coefficient (Wildman–Crippen LogP) is 3.87. The summed E-state index contributed by atoms with van der Waals surface area (Å²) < 4.78 is 26.6. The van der Waals surface area contributed by atoms with Crippen LogP contribution >= 0.6 is 15.9 Å². The van der Waals surface area contributed by atoms with E-state index in [1.165, 1.54) is 4.31 Å². The Morgan fingerprint density at radius 2 is 1.96 bits per heavy atom. The molecule has 0 spiro atoms. The van der Waals surface area contributed by atoms with Gasteiger partial charge in [-0.15, -0.1) is 0 Å². The van der Waals surface area contributed by atoms with Crippen LogP contribution < -0.4 is 9.62 Å². The molecule has 0 aromatic heterocycles. The van der Waals surface area contributed by atoms with Gasteiger partial charge in [0.05, 0.1) is 17.5 Å². The van der Waals surface area contributed by atoms with E-state index in [1.54, 1.807) is 24.3 Å². The second kappa shape index (κ2) is 7.80. The summed E-state index contributed by atoms with van der Waals surface area (Å²) >= 11 is 3.41. The summed E-state index contributed by atoms with van der Waals surface area (Å²) in [6.45, 7) is 2.48. The number of hydrogen-bond acceptors (Lipinski definition) is 3. The average molecular weight is 437 g/mol. The Balaban J connectivity index is 1.79. The lowest BCUT2D eigenvalue weighted by atomic mass is 10.0. The van der Waals surface area contributed by atoms with Gasteiger partial charge < -0.3 is 5.32 Å². The summed E-state index contributed by atoms with van der Waals surface area (Å²) in [5.41, 5.74) is 2.04.